The third kappa shape index (κ3) is 6.38. The van der Waals surface area contributed by atoms with E-state index in [2.05, 4.69) is 28.4 Å². The Bertz CT molecular complexity index is 742. The van der Waals surface area contributed by atoms with Crippen LogP contribution in [0.1, 0.15) is 29.5 Å². The lowest BCUT2D eigenvalue weighted by atomic mass is 10.1. The molecule has 0 unspecified atom stereocenters. The van der Waals surface area contributed by atoms with Crippen molar-refractivity contribution < 1.29 is 14.3 Å². The van der Waals surface area contributed by atoms with Gasteiger partial charge in [-0.15, -0.1) is 0 Å². The molecule has 5 heteroatoms. The number of rotatable bonds is 9. The van der Waals surface area contributed by atoms with Gasteiger partial charge in [-0.05, 0) is 54.8 Å². The van der Waals surface area contributed by atoms with Gasteiger partial charge in [0.15, 0.2) is 0 Å². The lowest BCUT2D eigenvalue weighted by Gasteiger charge is -2.15. The highest BCUT2D eigenvalue weighted by Crippen LogP contribution is 2.14. The van der Waals surface area contributed by atoms with Gasteiger partial charge in [0.2, 0.25) is 5.91 Å². The summed E-state index contributed by atoms with van der Waals surface area (Å²) >= 11 is 0. The van der Waals surface area contributed by atoms with E-state index in [1.54, 1.807) is 7.11 Å². The fourth-order valence-electron chi connectivity index (χ4n) is 3.31. The van der Waals surface area contributed by atoms with Crippen molar-refractivity contribution in [1.82, 2.24) is 10.2 Å². The highest BCUT2D eigenvalue weighted by Gasteiger charge is 2.11. The Morgan fingerprint density at radius 2 is 1.78 bits per heavy atom. The first kappa shape index (κ1) is 19.4. The Balaban J connectivity index is 1.39. The largest absolute Gasteiger partial charge is 0.497 e. The number of nitrogens with zero attached hydrogens (tertiary/aromatic N) is 1. The van der Waals surface area contributed by atoms with Crippen LogP contribution in [-0.4, -0.2) is 37.6 Å². The second kappa shape index (κ2) is 10.1. The highest BCUT2D eigenvalue weighted by molar-refractivity contribution is 5.77. The van der Waals surface area contributed by atoms with Crippen LogP contribution in [0.25, 0.3) is 0 Å². The van der Waals surface area contributed by atoms with E-state index in [0.717, 1.165) is 23.4 Å². The third-order valence-corrected chi connectivity index (χ3v) is 4.72. The lowest BCUT2D eigenvalue weighted by Crippen LogP contribution is -2.27. The van der Waals surface area contributed by atoms with Gasteiger partial charge < -0.3 is 14.8 Å². The predicted octanol–water partition coefficient (Wildman–Crippen LogP) is 3.12. The number of benzene rings is 2. The van der Waals surface area contributed by atoms with E-state index >= 15 is 0 Å². The highest BCUT2D eigenvalue weighted by atomic mass is 16.5. The van der Waals surface area contributed by atoms with Crippen LogP contribution < -0.4 is 10.1 Å². The molecule has 1 N–H and O–H groups in total. The van der Waals surface area contributed by atoms with Crippen LogP contribution in [0.3, 0.4) is 0 Å². The van der Waals surface area contributed by atoms with E-state index in [0.29, 0.717) is 13.2 Å². The van der Waals surface area contributed by atoms with E-state index in [4.69, 9.17) is 9.47 Å². The fourth-order valence-corrected chi connectivity index (χ4v) is 3.31. The fraction of sp³-hybridized carbons (Fsp3) is 0.409. The Labute approximate surface area is 161 Å². The van der Waals surface area contributed by atoms with Crippen LogP contribution in [0.5, 0.6) is 5.75 Å². The maximum atomic E-state index is 12.0. The summed E-state index contributed by atoms with van der Waals surface area (Å²) < 4.78 is 10.7. The minimum absolute atomic E-state index is 0.0463. The van der Waals surface area contributed by atoms with Crippen molar-refractivity contribution in [3.63, 3.8) is 0 Å². The van der Waals surface area contributed by atoms with Crippen molar-refractivity contribution in [2.24, 2.45) is 0 Å². The molecule has 0 aromatic heterocycles. The predicted molar refractivity (Wildman–Crippen MR) is 105 cm³/mol. The molecule has 27 heavy (non-hydrogen) atoms. The molecule has 0 aliphatic carbocycles. The van der Waals surface area contributed by atoms with Gasteiger partial charge in [0.05, 0.1) is 13.7 Å². The average molecular weight is 368 g/mol. The number of nitrogens with one attached hydrogen (secondary N) is 1. The van der Waals surface area contributed by atoms with Gasteiger partial charge in [0, 0.05) is 13.1 Å². The Kier molecular flexibility index (Phi) is 7.25. The summed E-state index contributed by atoms with van der Waals surface area (Å²) in [6, 6.07) is 16.1. The molecule has 0 saturated carbocycles. The maximum absolute atomic E-state index is 12.0. The molecule has 0 atom stereocenters. The standard InChI is InChI=1S/C22H28N2O3/c1-26-21-9-5-8-20(13-21)16-27-17-22(25)23-14-18-6-4-7-19(12-18)15-24-10-2-3-11-24/h4-9,12-13H,2-3,10-11,14-17H2,1H3,(H,23,25). The van der Waals surface area contributed by atoms with Crippen LogP contribution in [0.4, 0.5) is 0 Å². The molecule has 1 heterocycles. The molecule has 2 aromatic carbocycles. The maximum Gasteiger partial charge on any atom is 0.246 e. The number of methoxy groups -OCH3 is 1. The normalized spacial score (nSPS) is 14.3. The zero-order valence-electron chi connectivity index (χ0n) is 15.9. The van der Waals surface area contributed by atoms with Crippen LogP contribution in [-0.2, 0) is 29.2 Å². The summed E-state index contributed by atoms with van der Waals surface area (Å²) in [6.45, 7) is 4.32. The minimum Gasteiger partial charge on any atom is -0.497 e. The van der Waals surface area contributed by atoms with Crippen LogP contribution in [0.2, 0.25) is 0 Å². The molecule has 144 valence electrons. The smallest absolute Gasteiger partial charge is 0.246 e. The van der Waals surface area contributed by atoms with Gasteiger partial charge in [0.25, 0.3) is 0 Å². The van der Waals surface area contributed by atoms with Gasteiger partial charge in [-0.25, -0.2) is 0 Å². The first-order chi connectivity index (χ1) is 13.2. The van der Waals surface area contributed by atoms with E-state index < -0.39 is 0 Å². The summed E-state index contributed by atoms with van der Waals surface area (Å²) in [6.07, 6.45) is 2.59. The summed E-state index contributed by atoms with van der Waals surface area (Å²) in [7, 11) is 1.63. The molecule has 2 aromatic rings. The topological polar surface area (TPSA) is 50.8 Å². The molecule has 1 aliphatic heterocycles. The zero-order chi connectivity index (χ0) is 18.9. The monoisotopic (exact) mass is 368 g/mol. The van der Waals surface area contributed by atoms with Gasteiger partial charge in [-0.2, -0.15) is 0 Å². The molecule has 0 bridgehead atoms. The van der Waals surface area contributed by atoms with Crippen LogP contribution in [0, 0.1) is 0 Å². The molecule has 0 radical (unpaired) electrons. The molecule has 1 amide bonds. The van der Waals surface area contributed by atoms with E-state index in [-0.39, 0.29) is 12.5 Å². The summed E-state index contributed by atoms with van der Waals surface area (Å²) in [5.74, 6) is 0.678. The molecular formula is C22H28N2O3. The van der Waals surface area contributed by atoms with Crippen LogP contribution >= 0.6 is 0 Å². The van der Waals surface area contributed by atoms with Crippen molar-refractivity contribution in [2.75, 3.05) is 26.8 Å². The van der Waals surface area contributed by atoms with Gasteiger partial charge >= 0.3 is 0 Å². The van der Waals surface area contributed by atoms with Gasteiger partial charge in [0.1, 0.15) is 12.4 Å². The first-order valence-corrected chi connectivity index (χ1v) is 9.50. The lowest BCUT2D eigenvalue weighted by molar-refractivity contribution is -0.126. The third-order valence-electron chi connectivity index (χ3n) is 4.72. The molecule has 5 nitrogen and oxygen atoms in total. The summed E-state index contributed by atoms with van der Waals surface area (Å²) in [4.78, 5) is 14.5. The number of hydrogen-bond acceptors (Lipinski definition) is 4. The van der Waals surface area contributed by atoms with E-state index in [1.807, 2.05) is 30.3 Å². The summed E-state index contributed by atoms with van der Waals surface area (Å²) in [5.41, 5.74) is 3.41. The molecule has 1 saturated heterocycles. The number of hydrogen-bond donors (Lipinski definition) is 1. The van der Waals surface area contributed by atoms with Crippen molar-refractivity contribution in [1.29, 1.82) is 0 Å². The molecule has 1 aliphatic rings. The van der Waals surface area contributed by atoms with Crippen molar-refractivity contribution in [3.8, 4) is 5.75 Å². The van der Waals surface area contributed by atoms with E-state index in [1.165, 1.54) is 31.5 Å². The van der Waals surface area contributed by atoms with Crippen molar-refractivity contribution in [3.05, 3.63) is 65.2 Å². The van der Waals surface area contributed by atoms with Crippen molar-refractivity contribution in [2.45, 2.75) is 32.5 Å². The molecule has 0 spiro atoms. The number of amides is 1. The molecular weight excluding hydrogens is 340 g/mol. The number of carbonyl (C=O) groups excluding carboxylic acids is 1. The second-order valence-electron chi connectivity index (χ2n) is 6.92. The number of likely N-dealkylation sites (tertiary alicyclic amines) is 1. The minimum atomic E-state index is -0.108. The quantitative estimate of drug-likeness (QED) is 0.739. The van der Waals surface area contributed by atoms with Gasteiger partial charge in [-0.1, -0.05) is 36.4 Å². The average Bonchev–Trinajstić information content (AvgIpc) is 3.20. The Morgan fingerprint density at radius 1 is 1.04 bits per heavy atom. The Hall–Kier alpha value is -2.37. The zero-order valence-corrected chi connectivity index (χ0v) is 15.9. The first-order valence-electron chi connectivity index (χ1n) is 9.50. The van der Waals surface area contributed by atoms with Gasteiger partial charge in [-0.3, -0.25) is 9.69 Å². The van der Waals surface area contributed by atoms with E-state index in [9.17, 15) is 4.79 Å². The second-order valence-corrected chi connectivity index (χ2v) is 6.92. The molecule has 3 rings (SSSR count). The SMILES string of the molecule is COc1cccc(COCC(=O)NCc2cccc(CN3CCCC3)c2)c1. The Morgan fingerprint density at radius 3 is 2.59 bits per heavy atom. The van der Waals surface area contributed by atoms with Crippen molar-refractivity contribution >= 4 is 5.91 Å². The molecule has 1 fully saturated rings. The number of ether oxygens (including phenoxy) is 2. The summed E-state index contributed by atoms with van der Waals surface area (Å²) in [5, 5.41) is 2.93. The number of carbonyl (C=O) groups is 1. The van der Waals surface area contributed by atoms with Crippen LogP contribution in [0.15, 0.2) is 48.5 Å².